The maximum absolute atomic E-state index is 12.9. The number of rotatable bonds is 3. The summed E-state index contributed by atoms with van der Waals surface area (Å²) in [4.78, 5) is 11.2. The van der Waals surface area contributed by atoms with Gasteiger partial charge in [0.15, 0.2) is 0 Å². The predicted octanol–water partition coefficient (Wildman–Crippen LogP) is 3.27. The van der Waals surface area contributed by atoms with Crippen LogP contribution in [-0.4, -0.2) is 23.1 Å². The van der Waals surface area contributed by atoms with E-state index in [4.69, 9.17) is 0 Å². The van der Waals surface area contributed by atoms with Gasteiger partial charge in [-0.05, 0) is 44.0 Å². The van der Waals surface area contributed by atoms with Crippen molar-refractivity contribution in [2.45, 2.75) is 19.8 Å². The summed E-state index contributed by atoms with van der Waals surface area (Å²) in [6.07, 6.45) is 2.38. The first-order valence-corrected chi connectivity index (χ1v) is 6.84. The van der Waals surface area contributed by atoms with E-state index in [1.807, 2.05) is 13.0 Å². The molecule has 4 nitrogen and oxygen atoms in total. The molecule has 1 saturated heterocycles. The van der Waals surface area contributed by atoms with E-state index in [9.17, 15) is 4.39 Å². The maximum atomic E-state index is 12.9. The summed E-state index contributed by atoms with van der Waals surface area (Å²) in [6.45, 7) is 3.98. The lowest BCUT2D eigenvalue weighted by atomic mass is 10.3. The quantitative estimate of drug-likeness (QED) is 0.931. The Morgan fingerprint density at radius 2 is 1.80 bits per heavy atom. The fourth-order valence-electron chi connectivity index (χ4n) is 2.36. The Morgan fingerprint density at radius 1 is 1.10 bits per heavy atom. The first-order valence-electron chi connectivity index (χ1n) is 6.84. The molecule has 1 aliphatic rings. The van der Waals surface area contributed by atoms with Gasteiger partial charge in [0, 0.05) is 30.5 Å². The van der Waals surface area contributed by atoms with E-state index in [0.717, 1.165) is 36.2 Å². The van der Waals surface area contributed by atoms with Gasteiger partial charge in [-0.15, -0.1) is 0 Å². The Kier molecular flexibility index (Phi) is 3.50. The molecule has 1 aliphatic heterocycles. The second kappa shape index (κ2) is 5.45. The van der Waals surface area contributed by atoms with Crippen LogP contribution < -0.4 is 10.2 Å². The standard InChI is InChI=1S/C15H17FN4/c1-11-10-14(18-13-6-4-12(16)5-7-13)19-15(17-11)20-8-2-3-9-20/h4-7,10H,2-3,8-9H2,1H3,(H,17,18,19). The van der Waals surface area contributed by atoms with E-state index < -0.39 is 0 Å². The molecule has 20 heavy (non-hydrogen) atoms. The molecular formula is C15H17FN4. The number of benzene rings is 1. The van der Waals surface area contributed by atoms with Gasteiger partial charge in [0.25, 0.3) is 0 Å². The lowest BCUT2D eigenvalue weighted by Crippen LogP contribution is -2.21. The topological polar surface area (TPSA) is 41.1 Å². The van der Waals surface area contributed by atoms with Gasteiger partial charge in [0.05, 0.1) is 0 Å². The number of hydrogen-bond acceptors (Lipinski definition) is 4. The van der Waals surface area contributed by atoms with Crippen LogP contribution >= 0.6 is 0 Å². The largest absolute Gasteiger partial charge is 0.341 e. The zero-order valence-electron chi connectivity index (χ0n) is 11.4. The van der Waals surface area contributed by atoms with Crippen molar-refractivity contribution in [1.82, 2.24) is 9.97 Å². The SMILES string of the molecule is Cc1cc(Nc2ccc(F)cc2)nc(N2CCCC2)n1. The van der Waals surface area contributed by atoms with Crippen LogP contribution in [0.1, 0.15) is 18.5 Å². The van der Waals surface area contributed by atoms with Crippen molar-refractivity contribution in [3.8, 4) is 0 Å². The van der Waals surface area contributed by atoms with Crippen LogP contribution in [0.2, 0.25) is 0 Å². The van der Waals surface area contributed by atoms with Gasteiger partial charge in [0.2, 0.25) is 5.95 Å². The zero-order valence-corrected chi connectivity index (χ0v) is 11.4. The Balaban J connectivity index is 1.83. The normalized spacial score (nSPS) is 14.6. The van der Waals surface area contributed by atoms with E-state index in [0.29, 0.717) is 0 Å². The van der Waals surface area contributed by atoms with Gasteiger partial charge in [-0.3, -0.25) is 0 Å². The highest BCUT2D eigenvalue weighted by atomic mass is 19.1. The highest BCUT2D eigenvalue weighted by molar-refractivity contribution is 5.57. The molecule has 0 aliphatic carbocycles. The molecule has 1 fully saturated rings. The average Bonchev–Trinajstić information content (AvgIpc) is 2.95. The van der Waals surface area contributed by atoms with Crippen LogP contribution in [0.4, 0.5) is 21.8 Å². The van der Waals surface area contributed by atoms with Gasteiger partial charge in [-0.1, -0.05) is 0 Å². The van der Waals surface area contributed by atoms with E-state index in [2.05, 4.69) is 20.2 Å². The minimum absolute atomic E-state index is 0.243. The van der Waals surface area contributed by atoms with Gasteiger partial charge in [0.1, 0.15) is 11.6 Å². The van der Waals surface area contributed by atoms with Crippen molar-refractivity contribution < 1.29 is 4.39 Å². The fourth-order valence-corrected chi connectivity index (χ4v) is 2.36. The van der Waals surface area contributed by atoms with Gasteiger partial charge >= 0.3 is 0 Å². The van der Waals surface area contributed by atoms with Crippen LogP contribution in [0.15, 0.2) is 30.3 Å². The second-order valence-electron chi connectivity index (χ2n) is 5.02. The molecule has 2 heterocycles. The maximum Gasteiger partial charge on any atom is 0.227 e. The van der Waals surface area contributed by atoms with Crippen molar-refractivity contribution in [2.75, 3.05) is 23.3 Å². The smallest absolute Gasteiger partial charge is 0.227 e. The van der Waals surface area contributed by atoms with Gasteiger partial charge < -0.3 is 10.2 Å². The second-order valence-corrected chi connectivity index (χ2v) is 5.02. The molecule has 0 radical (unpaired) electrons. The van der Waals surface area contributed by atoms with Crippen LogP contribution in [0, 0.1) is 12.7 Å². The number of hydrogen-bond donors (Lipinski definition) is 1. The molecule has 1 N–H and O–H groups in total. The molecule has 0 atom stereocenters. The number of aryl methyl sites for hydroxylation is 1. The van der Waals surface area contributed by atoms with E-state index in [1.165, 1.54) is 25.0 Å². The van der Waals surface area contributed by atoms with Crippen molar-refractivity contribution in [3.63, 3.8) is 0 Å². The lowest BCUT2D eigenvalue weighted by Gasteiger charge is -2.17. The minimum atomic E-state index is -0.243. The first kappa shape index (κ1) is 12.8. The summed E-state index contributed by atoms with van der Waals surface area (Å²) >= 11 is 0. The minimum Gasteiger partial charge on any atom is -0.341 e. The molecule has 0 spiro atoms. The molecule has 0 amide bonds. The summed E-state index contributed by atoms with van der Waals surface area (Å²) in [5, 5.41) is 3.19. The summed E-state index contributed by atoms with van der Waals surface area (Å²) in [5.41, 5.74) is 1.74. The van der Waals surface area contributed by atoms with Crippen LogP contribution in [0.5, 0.6) is 0 Å². The molecule has 1 aromatic carbocycles. The van der Waals surface area contributed by atoms with E-state index >= 15 is 0 Å². The molecule has 0 saturated carbocycles. The molecule has 0 unspecified atom stereocenters. The Hall–Kier alpha value is -2.17. The third-order valence-electron chi connectivity index (χ3n) is 3.35. The van der Waals surface area contributed by atoms with Crippen molar-refractivity contribution in [2.24, 2.45) is 0 Å². The molecule has 1 aromatic heterocycles. The summed E-state index contributed by atoms with van der Waals surface area (Å²) in [6, 6.07) is 8.14. The van der Waals surface area contributed by atoms with E-state index in [-0.39, 0.29) is 5.82 Å². The van der Waals surface area contributed by atoms with Crippen LogP contribution in [0.3, 0.4) is 0 Å². The Bertz CT molecular complexity index is 591. The molecule has 0 bridgehead atoms. The number of nitrogens with one attached hydrogen (secondary N) is 1. The third-order valence-corrected chi connectivity index (χ3v) is 3.35. The fraction of sp³-hybridized carbons (Fsp3) is 0.333. The van der Waals surface area contributed by atoms with Crippen LogP contribution in [0.25, 0.3) is 0 Å². The van der Waals surface area contributed by atoms with Crippen LogP contribution in [-0.2, 0) is 0 Å². The predicted molar refractivity (Wildman–Crippen MR) is 77.9 cm³/mol. The molecule has 5 heteroatoms. The summed E-state index contributed by atoms with van der Waals surface area (Å²) in [5.74, 6) is 1.27. The van der Waals surface area contributed by atoms with Crippen molar-refractivity contribution in [1.29, 1.82) is 0 Å². The zero-order chi connectivity index (χ0) is 13.9. The highest BCUT2D eigenvalue weighted by Gasteiger charge is 2.15. The molecule has 104 valence electrons. The number of nitrogens with zero attached hydrogens (tertiary/aromatic N) is 3. The highest BCUT2D eigenvalue weighted by Crippen LogP contribution is 2.21. The number of aromatic nitrogens is 2. The molecular weight excluding hydrogens is 255 g/mol. The number of anilines is 3. The summed E-state index contributed by atoms with van der Waals surface area (Å²) < 4.78 is 12.9. The van der Waals surface area contributed by atoms with Gasteiger partial charge in [-0.2, -0.15) is 4.98 Å². The molecule has 3 rings (SSSR count). The Labute approximate surface area is 117 Å². The monoisotopic (exact) mass is 272 g/mol. The number of halogens is 1. The van der Waals surface area contributed by atoms with E-state index in [1.54, 1.807) is 12.1 Å². The van der Waals surface area contributed by atoms with Gasteiger partial charge in [-0.25, -0.2) is 9.37 Å². The Morgan fingerprint density at radius 3 is 2.50 bits per heavy atom. The third kappa shape index (κ3) is 2.87. The first-order chi connectivity index (χ1) is 9.70. The van der Waals surface area contributed by atoms with Crippen molar-refractivity contribution >= 4 is 17.5 Å². The average molecular weight is 272 g/mol. The van der Waals surface area contributed by atoms with Crippen molar-refractivity contribution in [3.05, 3.63) is 41.8 Å². The molecule has 2 aromatic rings. The summed E-state index contributed by atoms with van der Waals surface area (Å²) in [7, 11) is 0. The lowest BCUT2D eigenvalue weighted by molar-refractivity contribution is 0.628.